The maximum absolute atomic E-state index is 10.5. The molecule has 7 heterocycles. The van der Waals surface area contributed by atoms with Gasteiger partial charge in [-0.25, -0.2) is 0 Å². The third kappa shape index (κ3) is 15.1. The predicted molar refractivity (Wildman–Crippen MR) is 582 cm³/mol. The van der Waals surface area contributed by atoms with Crippen molar-refractivity contribution in [3.63, 3.8) is 0 Å². The largest absolute Gasteiger partial charge is 0.468 e. The molecule has 0 N–H and O–H groups in total. The van der Waals surface area contributed by atoms with Crippen LogP contribution in [0.25, 0.3) is 21.9 Å². The van der Waals surface area contributed by atoms with Gasteiger partial charge in [0.15, 0.2) is 0 Å². The Morgan fingerprint density at radius 3 is 1.09 bits per heavy atom. The summed E-state index contributed by atoms with van der Waals surface area (Å²) < 4.78 is 320. The van der Waals surface area contributed by atoms with Crippen LogP contribution in [-0.2, 0) is 60.6 Å². The van der Waals surface area contributed by atoms with Crippen LogP contribution in [0.2, 0.25) is 5.02 Å². The lowest BCUT2D eigenvalue weighted by molar-refractivity contribution is 0.110. The summed E-state index contributed by atoms with van der Waals surface area (Å²) >= 11 is 7.17. The molecule has 135 heavy (non-hydrogen) atoms. The summed E-state index contributed by atoms with van der Waals surface area (Å²) in [4.78, 5) is 8.19. The Kier molecular flexibility index (Phi) is 14.4. The van der Waals surface area contributed by atoms with Crippen LogP contribution in [-0.4, -0.2) is 19.0 Å². The van der Waals surface area contributed by atoms with E-state index in [2.05, 4.69) is 44.7 Å². The zero-order valence-electron chi connectivity index (χ0n) is 116. The number of halogens is 1. The molecule has 0 bridgehead atoms. The van der Waals surface area contributed by atoms with Gasteiger partial charge < -0.3 is 33.3 Å². The van der Waals surface area contributed by atoms with Gasteiger partial charge in [0.05, 0.1) is 72.1 Å². The van der Waals surface area contributed by atoms with Crippen molar-refractivity contribution in [1.82, 2.24) is 0 Å². The highest BCUT2D eigenvalue weighted by molar-refractivity contribution is 7.00. The molecule has 7 nitrogen and oxygen atoms in total. The van der Waals surface area contributed by atoms with Gasteiger partial charge in [-0.05, 0) is 291 Å². The molecule has 2 fully saturated rings. The maximum Gasteiger partial charge on any atom is 0.297 e. The van der Waals surface area contributed by atoms with Crippen LogP contribution in [0.5, 0.6) is 0 Å². The number of hydrogen-bond donors (Lipinski definition) is 0. The Hall–Kier alpha value is -10.9. The van der Waals surface area contributed by atoms with E-state index in [0.717, 1.165) is 73.7 Å². The lowest BCUT2D eigenvalue weighted by Gasteiger charge is -2.51. The lowest BCUT2D eigenvalue weighted by atomic mass is 9.35. The quantitative estimate of drug-likeness (QED) is 0.159. The maximum atomic E-state index is 10.5. The molecule has 12 aromatic carbocycles. The van der Waals surface area contributed by atoms with Gasteiger partial charge >= 0.3 is 0 Å². The number of hydrogen-bond acceptors (Lipinski definition) is 7. The first-order chi connectivity index (χ1) is 76.8. The van der Waals surface area contributed by atoms with E-state index in [4.69, 9.17) is 25.9 Å². The minimum Gasteiger partial charge on any atom is -0.468 e. The summed E-state index contributed by atoms with van der Waals surface area (Å²) in [6, 6.07) is 6.06. The standard InChI is InChI=1S/C62H70BN3O.C48H52BClN2O.C15H20/c1-57(2,3)39-21-27-43(28-22-39)64-50-35-41(59(7,8)9)26-32-48(50)63-54-51(64)37-45(66-49-20-16-15-19-47(49)61(13)33-17-18-34-62(61,66)14)38-52(54)65(44-29-23-40(24-30-44)58(4,5)6)55-46-31-25-42(60(10,11)12)36-53(46)67-56(55)63;1-45(2,3)29-13-19-34(20-14-29)51-38-25-31(47(7,8)9)18-24-37(38)49-42-39(51)27-33(50)28-40(42)52(35-21-15-30(16-22-35)46(4,5)6)43-36-23-17-32(48(10,11)12)26-41(36)53-44(43)49;1-14-9-5-6-10-15(14,2)13-8-4-3-7-12(13)11-14/h15-16,19-32,35-38H,17-18,33-34H2,1-14H3;13-28H,1-12H3;3-4,7-8H,5-6,9-11H2,1-2H3/i21D,22D,23D,24D,25D,26D,27D,28D,29D,30D,31D,32D,35D,36D;13D,14D,15D,16D,17D,18D,19D,20D,21D,22D,23D,24D,25D,26D;3D,4D,7D,8D. The number of anilines is 14. The van der Waals surface area contributed by atoms with Gasteiger partial charge in [0.25, 0.3) is 13.4 Å². The molecule has 2 saturated carbocycles. The summed E-state index contributed by atoms with van der Waals surface area (Å²) in [5.41, 5.74) is -2.13. The molecular formula is C125H142B2ClN5O2. The fourth-order valence-electron chi connectivity index (χ4n) is 21.5. The normalized spacial score (nSPS) is 23.3. The fourth-order valence-corrected chi connectivity index (χ4v) is 21.7. The van der Waals surface area contributed by atoms with E-state index in [1.165, 1.54) is 28.4 Å². The second-order valence-corrected chi connectivity index (χ2v) is 48.2. The fraction of sp³-hybridized carbons (Fsp3) is 0.392. The van der Waals surface area contributed by atoms with Crippen LogP contribution in [0.4, 0.5) is 79.6 Å². The van der Waals surface area contributed by atoms with Crippen LogP contribution in [0.15, 0.2) is 251 Å². The molecule has 8 aliphatic rings. The van der Waals surface area contributed by atoms with E-state index in [1.54, 1.807) is 92.9 Å². The first-order valence-corrected chi connectivity index (χ1v) is 48.2. The topological polar surface area (TPSA) is 42.5 Å². The molecule has 4 atom stereocenters. The molecule has 2 aromatic heterocycles. The van der Waals surface area contributed by atoms with Gasteiger partial charge in [0.1, 0.15) is 11.2 Å². The van der Waals surface area contributed by atoms with Crippen molar-refractivity contribution in [3.05, 3.63) is 308 Å². The van der Waals surface area contributed by atoms with E-state index >= 15 is 0 Å². The predicted octanol–water partition coefficient (Wildman–Crippen LogP) is 31.9. The minimum absolute atomic E-state index is 0.00127. The Labute approximate surface area is 858 Å². The van der Waals surface area contributed by atoms with Crippen LogP contribution in [0, 0.1) is 5.41 Å². The van der Waals surface area contributed by atoms with Crippen molar-refractivity contribution in [2.45, 2.75) is 311 Å². The van der Waals surface area contributed by atoms with Gasteiger partial charge in [-0.15, -0.1) is 0 Å². The third-order valence-corrected chi connectivity index (χ3v) is 30.0. The smallest absolute Gasteiger partial charge is 0.297 e. The zero-order chi connectivity index (χ0) is 124. The molecule has 10 heteroatoms. The van der Waals surface area contributed by atoms with E-state index in [-0.39, 0.29) is 323 Å². The molecule has 0 amide bonds. The molecule has 0 saturated heterocycles. The van der Waals surface area contributed by atoms with Gasteiger partial charge in [-0.3, -0.25) is 0 Å². The molecule has 4 unspecified atom stereocenters. The molecule has 0 radical (unpaired) electrons. The highest BCUT2D eigenvalue weighted by Crippen LogP contribution is 2.64. The Morgan fingerprint density at radius 2 is 0.667 bits per heavy atom. The summed E-state index contributed by atoms with van der Waals surface area (Å²) in [6.45, 7) is 49.9. The van der Waals surface area contributed by atoms with E-state index in [0.29, 0.717) is 11.2 Å². The third-order valence-electron chi connectivity index (χ3n) is 29.8. The molecule has 5 aliphatic heterocycles. The first kappa shape index (κ1) is 61.4. The number of para-hydroxylation sites is 1. The Bertz CT molecular complexity index is 9030. The SMILES string of the molecule is [2H]c1c([2H])c(C(C)(C)C)c([2H])c2c1B1c3oc4c([2H])c(C(C)(C)C)c([2H])c([2H])c4c3N(c3c([2H])c([2H])c(C(C)(C)C)c([2H])c3[2H])c3cc(Cl)cc(c31)N2c1c([2H])c([2H])c(C(C)(C)C)c([2H])c1[2H].[2H]c1c([2H])c(C(C)(C)C)c([2H])c2c1B1c3oc4c([2H])c(C(C)(C)C)c([2H])c([2H])c4c3N(c3c([2H])c([2H])c(C(C)(C)C)c([2H])c3[2H])c3cc(N4c5ccccc5C5(C)CCCCC45C)cc(c31)N2c1c([2H])c([2H])c(C(C)(C)C)c([2H])c1[2H].[2H]c1c([2H])c([2H])c2c(c1[2H])CC1(C)CCCCC21C. The number of rotatable bonds is 5. The Balaban J connectivity index is 0.000000172. The summed E-state index contributed by atoms with van der Waals surface area (Å²) in [6.07, 6.45) is 8.86. The van der Waals surface area contributed by atoms with Crippen LogP contribution >= 0.6 is 11.6 Å². The van der Waals surface area contributed by atoms with Gasteiger partial charge in [-0.1, -0.05) is 351 Å². The Morgan fingerprint density at radius 1 is 0.326 bits per heavy atom. The zero-order valence-corrected chi connectivity index (χ0v) is 84.3. The molecule has 692 valence electrons. The first-order valence-electron chi connectivity index (χ1n) is 63.8. The van der Waals surface area contributed by atoms with Crippen molar-refractivity contribution >= 4 is 160 Å². The van der Waals surface area contributed by atoms with Crippen LogP contribution < -0.4 is 57.7 Å². The highest BCUT2D eigenvalue weighted by Gasteiger charge is 2.59. The van der Waals surface area contributed by atoms with E-state index < -0.39 is 116 Å². The summed E-state index contributed by atoms with van der Waals surface area (Å²) in [7, 11) is 0. The van der Waals surface area contributed by atoms with Crippen molar-refractivity contribution in [3.8, 4) is 0 Å². The van der Waals surface area contributed by atoms with E-state index in [9.17, 15) is 38.4 Å². The van der Waals surface area contributed by atoms with Crippen molar-refractivity contribution in [2.24, 2.45) is 5.41 Å². The number of nitrogens with zero attached hydrogens (tertiary/aromatic N) is 5. The van der Waals surface area contributed by atoms with Gasteiger partial charge in [-0.2, -0.15) is 0 Å². The van der Waals surface area contributed by atoms with Gasteiger partial charge in [0, 0.05) is 89.5 Å². The number of benzene rings is 12. The van der Waals surface area contributed by atoms with Crippen molar-refractivity contribution in [2.75, 3.05) is 24.5 Å². The van der Waals surface area contributed by atoms with E-state index in [1.807, 2.05) is 107 Å². The summed E-state index contributed by atoms with van der Waals surface area (Å²) in [5.74, 6) is 0. The number of fused-ring (bicyclic) bond motifs is 18. The van der Waals surface area contributed by atoms with Gasteiger partial charge in [0.2, 0.25) is 0 Å². The minimum atomic E-state index is -1.29. The van der Waals surface area contributed by atoms with Crippen LogP contribution in [0.3, 0.4) is 0 Å². The second-order valence-electron chi connectivity index (χ2n) is 47.7. The second kappa shape index (κ2) is 31.6. The monoisotopic (exact) mass is 1830 g/mol. The number of furan rings is 2. The van der Waals surface area contributed by atoms with Crippen molar-refractivity contribution < 1.29 is 52.7 Å². The molecule has 0 spiro atoms. The average molecular weight is 1840 g/mol. The molecule has 14 aromatic rings. The summed E-state index contributed by atoms with van der Waals surface area (Å²) in [5, 5.41) is -0.0463. The molecule has 3 aliphatic carbocycles. The molecular weight excluding hydrogens is 1660 g/mol. The lowest BCUT2D eigenvalue weighted by Crippen LogP contribution is -2.61. The average Bonchev–Trinajstić information content (AvgIpc) is 0.805. The highest BCUT2D eigenvalue weighted by atomic mass is 35.5. The van der Waals surface area contributed by atoms with Crippen molar-refractivity contribution in [1.29, 1.82) is 0 Å². The van der Waals surface area contributed by atoms with Crippen LogP contribution in [0.1, 0.15) is 350 Å². The molecule has 22 rings (SSSR count).